The van der Waals surface area contributed by atoms with Crippen LogP contribution in [0.15, 0.2) is 53.1 Å². The molecule has 30 heavy (non-hydrogen) atoms. The first kappa shape index (κ1) is 19.8. The van der Waals surface area contributed by atoms with Crippen molar-refractivity contribution < 1.29 is 23.2 Å². The second-order valence-corrected chi connectivity index (χ2v) is 7.07. The number of carbonyl (C=O) groups excluding carboxylic acids is 2. The van der Waals surface area contributed by atoms with Crippen LogP contribution >= 0.6 is 0 Å². The van der Waals surface area contributed by atoms with Crippen LogP contribution in [0.25, 0.3) is 11.4 Å². The highest BCUT2D eigenvalue weighted by Crippen LogP contribution is 2.29. The van der Waals surface area contributed by atoms with Gasteiger partial charge in [-0.3, -0.25) is 4.79 Å². The van der Waals surface area contributed by atoms with Gasteiger partial charge in [0.15, 0.2) is 0 Å². The number of hydrogen-bond acceptors (Lipinski definition) is 6. The molecular formula is C22H20FN3O4. The lowest BCUT2D eigenvalue weighted by Gasteiger charge is -2.30. The maximum Gasteiger partial charge on any atom is 0.337 e. The zero-order valence-electron chi connectivity index (χ0n) is 16.4. The highest BCUT2D eigenvalue weighted by molar-refractivity contribution is 5.96. The molecule has 1 aliphatic heterocycles. The maximum absolute atomic E-state index is 13.9. The van der Waals surface area contributed by atoms with Crippen molar-refractivity contribution in [2.24, 2.45) is 0 Å². The summed E-state index contributed by atoms with van der Waals surface area (Å²) in [6.45, 7) is 1.08. The van der Waals surface area contributed by atoms with Crippen molar-refractivity contribution in [3.63, 3.8) is 0 Å². The standard InChI is InChI=1S/C22H20FN3O4/c1-29-22(28)16-8-6-15(7-9-16)21(27)26-12-10-14(11-13-26)20-24-19(25-30-20)17-4-2-3-5-18(17)23/h2-9,14H,10-13H2,1H3. The van der Waals surface area contributed by atoms with Gasteiger partial charge >= 0.3 is 5.97 Å². The number of ether oxygens (including phenoxy) is 1. The molecule has 2 heterocycles. The molecule has 0 unspecified atom stereocenters. The topological polar surface area (TPSA) is 85.5 Å². The Morgan fingerprint density at radius 2 is 1.73 bits per heavy atom. The first-order chi connectivity index (χ1) is 14.6. The molecule has 7 nitrogen and oxygen atoms in total. The average Bonchev–Trinajstić information content (AvgIpc) is 3.28. The van der Waals surface area contributed by atoms with Gasteiger partial charge in [0.1, 0.15) is 5.82 Å². The van der Waals surface area contributed by atoms with E-state index in [1.807, 2.05) is 0 Å². The predicted molar refractivity (Wildman–Crippen MR) is 105 cm³/mol. The smallest absolute Gasteiger partial charge is 0.337 e. The van der Waals surface area contributed by atoms with Crippen molar-refractivity contribution >= 4 is 11.9 Å². The summed E-state index contributed by atoms with van der Waals surface area (Å²) in [5, 5.41) is 3.91. The Morgan fingerprint density at radius 3 is 2.40 bits per heavy atom. The monoisotopic (exact) mass is 409 g/mol. The first-order valence-electron chi connectivity index (χ1n) is 9.63. The summed E-state index contributed by atoms with van der Waals surface area (Å²) < 4.78 is 24.0. The van der Waals surface area contributed by atoms with Gasteiger partial charge in [0.2, 0.25) is 11.7 Å². The van der Waals surface area contributed by atoms with Gasteiger partial charge < -0.3 is 14.2 Å². The Labute approximate surface area is 172 Å². The number of likely N-dealkylation sites (tertiary alicyclic amines) is 1. The van der Waals surface area contributed by atoms with E-state index in [4.69, 9.17) is 4.52 Å². The zero-order chi connectivity index (χ0) is 21.1. The average molecular weight is 409 g/mol. The molecule has 0 saturated carbocycles. The molecule has 0 aliphatic carbocycles. The SMILES string of the molecule is COC(=O)c1ccc(C(=O)N2CCC(c3nc(-c4ccccc4F)no3)CC2)cc1. The Hall–Kier alpha value is -3.55. The zero-order valence-corrected chi connectivity index (χ0v) is 16.4. The van der Waals surface area contributed by atoms with Crippen LogP contribution in [-0.4, -0.2) is 47.1 Å². The minimum Gasteiger partial charge on any atom is -0.465 e. The van der Waals surface area contributed by atoms with E-state index in [-0.39, 0.29) is 17.6 Å². The van der Waals surface area contributed by atoms with Gasteiger partial charge in [-0.15, -0.1) is 0 Å². The summed E-state index contributed by atoms with van der Waals surface area (Å²) in [6.07, 6.45) is 1.34. The van der Waals surface area contributed by atoms with Crippen LogP contribution in [0.5, 0.6) is 0 Å². The Balaban J connectivity index is 1.39. The number of aromatic nitrogens is 2. The molecule has 1 aliphatic rings. The molecule has 0 N–H and O–H groups in total. The van der Waals surface area contributed by atoms with Crippen molar-refractivity contribution in [2.75, 3.05) is 20.2 Å². The highest BCUT2D eigenvalue weighted by atomic mass is 19.1. The normalized spacial score (nSPS) is 14.5. The third-order valence-electron chi connectivity index (χ3n) is 5.24. The summed E-state index contributed by atoms with van der Waals surface area (Å²) in [6, 6.07) is 12.7. The van der Waals surface area contributed by atoms with Crippen molar-refractivity contribution in [1.82, 2.24) is 15.0 Å². The molecule has 8 heteroatoms. The number of methoxy groups -OCH3 is 1. The number of amides is 1. The molecular weight excluding hydrogens is 389 g/mol. The molecule has 0 spiro atoms. The van der Waals surface area contributed by atoms with Crippen LogP contribution in [0.2, 0.25) is 0 Å². The number of rotatable bonds is 4. The van der Waals surface area contributed by atoms with Gasteiger partial charge in [-0.05, 0) is 49.2 Å². The van der Waals surface area contributed by atoms with E-state index in [1.165, 1.54) is 13.2 Å². The molecule has 1 aromatic heterocycles. The lowest BCUT2D eigenvalue weighted by molar-refractivity contribution is 0.0599. The van der Waals surface area contributed by atoms with Crippen molar-refractivity contribution in [2.45, 2.75) is 18.8 Å². The fourth-order valence-electron chi connectivity index (χ4n) is 3.53. The van der Waals surface area contributed by atoms with Gasteiger partial charge in [0.05, 0.1) is 18.2 Å². The fraction of sp³-hybridized carbons (Fsp3) is 0.273. The number of nitrogens with zero attached hydrogens (tertiary/aromatic N) is 3. The number of carbonyl (C=O) groups is 2. The van der Waals surface area contributed by atoms with Crippen LogP contribution in [0.4, 0.5) is 4.39 Å². The van der Waals surface area contributed by atoms with Crippen LogP contribution < -0.4 is 0 Å². The minimum absolute atomic E-state index is 0.0174. The third kappa shape index (κ3) is 3.94. The van der Waals surface area contributed by atoms with Gasteiger partial charge in [0, 0.05) is 24.6 Å². The second kappa shape index (κ2) is 8.44. The van der Waals surface area contributed by atoms with Crippen LogP contribution in [0.1, 0.15) is 45.4 Å². The molecule has 1 fully saturated rings. The van der Waals surface area contributed by atoms with Crippen molar-refractivity contribution in [3.8, 4) is 11.4 Å². The molecule has 0 atom stereocenters. The van der Waals surface area contributed by atoms with E-state index >= 15 is 0 Å². The van der Waals surface area contributed by atoms with E-state index < -0.39 is 11.8 Å². The lowest BCUT2D eigenvalue weighted by Crippen LogP contribution is -2.38. The second-order valence-electron chi connectivity index (χ2n) is 7.07. The number of esters is 1. The largest absolute Gasteiger partial charge is 0.465 e. The van der Waals surface area contributed by atoms with E-state index in [0.717, 1.165) is 0 Å². The molecule has 3 aromatic rings. The van der Waals surface area contributed by atoms with Crippen LogP contribution in [0.3, 0.4) is 0 Å². The number of benzene rings is 2. The van der Waals surface area contributed by atoms with Crippen molar-refractivity contribution in [1.29, 1.82) is 0 Å². The van der Waals surface area contributed by atoms with Crippen LogP contribution in [-0.2, 0) is 4.74 Å². The summed E-state index contributed by atoms with van der Waals surface area (Å²) in [5.74, 6) is -0.228. The number of hydrogen-bond donors (Lipinski definition) is 0. The van der Waals surface area contributed by atoms with Gasteiger partial charge in [-0.25, -0.2) is 9.18 Å². The Morgan fingerprint density at radius 1 is 1.07 bits per heavy atom. The van der Waals surface area contributed by atoms with Gasteiger partial charge in [0.25, 0.3) is 5.91 Å². The maximum atomic E-state index is 13.9. The van der Waals surface area contributed by atoms with E-state index in [2.05, 4.69) is 14.9 Å². The van der Waals surface area contributed by atoms with Crippen LogP contribution in [0, 0.1) is 5.82 Å². The van der Waals surface area contributed by atoms with Gasteiger partial charge in [-0.2, -0.15) is 4.98 Å². The summed E-state index contributed by atoms with van der Waals surface area (Å²) >= 11 is 0. The Bertz CT molecular complexity index is 1060. The molecule has 2 aromatic carbocycles. The fourth-order valence-corrected chi connectivity index (χ4v) is 3.53. The predicted octanol–water partition coefficient (Wildman–Crippen LogP) is 3.68. The van der Waals surface area contributed by atoms with E-state index in [1.54, 1.807) is 47.4 Å². The third-order valence-corrected chi connectivity index (χ3v) is 5.24. The molecule has 1 saturated heterocycles. The van der Waals surface area contributed by atoms with Gasteiger partial charge in [-0.1, -0.05) is 17.3 Å². The lowest BCUT2D eigenvalue weighted by atomic mass is 9.96. The molecule has 4 rings (SSSR count). The quantitative estimate of drug-likeness (QED) is 0.611. The molecule has 0 radical (unpaired) electrons. The summed E-state index contributed by atoms with van der Waals surface area (Å²) in [4.78, 5) is 30.4. The molecule has 1 amide bonds. The Kier molecular flexibility index (Phi) is 5.56. The summed E-state index contributed by atoms with van der Waals surface area (Å²) in [5.41, 5.74) is 1.21. The molecule has 0 bridgehead atoms. The minimum atomic E-state index is -0.441. The highest BCUT2D eigenvalue weighted by Gasteiger charge is 2.28. The van der Waals surface area contributed by atoms with E-state index in [0.29, 0.717) is 48.5 Å². The first-order valence-corrected chi connectivity index (χ1v) is 9.63. The number of halogens is 1. The number of piperidine rings is 1. The van der Waals surface area contributed by atoms with E-state index in [9.17, 15) is 14.0 Å². The molecule has 154 valence electrons. The van der Waals surface area contributed by atoms with Crippen molar-refractivity contribution in [3.05, 3.63) is 71.4 Å². The summed E-state index contributed by atoms with van der Waals surface area (Å²) in [7, 11) is 1.31.